The summed E-state index contributed by atoms with van der Waals surface area (Å²) in [5.41, 5.74) is 14.7. The number of nitrogens with zero attached hydrogens (tertiary/aromatic N) is 3. The van der Waals surface area contributed by atoms with Crippen LogP contribution in [-0.4, -0.2) is 20.3 Å². The van der Waals surface area contributed by atoms with Gasteiger partial charge in [0.1, 0.15) is 5.82 Å². The zero-order chi connectivity index (χ0) is 31.9. The Bertz CT molecular complexity index is 2220. The maximum atomic E-state index is 7.69. The van der Waals surface area contributed by atoms with E-state index in [-0.39, 0.29) is 0 Å². The van der Waals surface area contributed by atoms with E-state index in [4.69, 9.17) is 10.4 Å². The molecule has 2 aromatic heterocycles. The molecule has 1 aliphatic carbocycles. The summed E-state index contributed by atoms with van der Waals surface area (Å²) in [6.07, 6.45) is 18.4. The van der Waals surface area contributed by atoms with Crippen LogP contribution in [0.3, 0.4) is 0 Å². The molecule has 4 nitrogen and oxygen atoms in total. The molecule has 1 N–H and O–H groups in total. The first-order valence-electron chi connectivity index (χ1n) is 16.7. The van der Waals surface area contributed by atoms with Crippen molar-refractivity contribution in [2.24, 2.45) is 0 Å². The number of fused-ring (bicyclic) bond motifs is 4. The van der Waals surface area contributed by atoms with Crippen molar-refractivity contribution in [3.8, 4) is 28.1 Å². The highest BCUT2D eigenvalue weighted by Gasteiger charge is 2.25. The molecule has 6 aromatic rings. The third-order valence-electron chi connectivity index (χ3n) is 9.90. The Morgan fingerprint density at radius 1 is 0.936 bits per heavy atom. The van der Waals surface area contributed by atoms with Gasteiger partial charge in [-0.3, -0.25) is 0 Å². The van der Waals surface area contributed by atoms with E-state index in [0.29, 0.717) is 5.92 Å². The van der Waals surface area contributed by atoms with Crippen molar-refractivity contribution in [2.75, 3.05) is 0 Å². The van der Waals surface area contributed by atoms with Crippen molar-refractivity contribution in [3.05, 3.63) is 149 Å². The predicted octanol–water partition coefficient (Wildman–Crippen LogP) is 10.7. The van der Waals surface area contributed by atoms with E-state index in [2.05, 4.69) is 145 Å². The Morgan fingerprint density at radius 2 is 1.70 bits per heavy atom. The van der Waals surface area contributed by atoms with Crippen LogP contribution in [0.1, 0.15) is 59.5 Å². The average molecular weight is 611 g/mol. The molecule has 4 aromatic carbocycles. The zero-order valence-electron chi connectivity index (χ0n) is 26.9. The summed E-state index contributed by atoms with van der Waals surface area (Å²) in [6.45, 7) is 4.38. The number of allylic oxidation sites excluding steroid dienone is 4. The second-order valence-electron chi connectivity index (χ2n) is 12.7. The van der Waals surface area contributed by atoms with Crippen molar-refractivity contribution >= 4 is 35.0 Å². The molecule has 2 aliphatic rings. The van der Waals surface area contributed by atoms with Gasteiger partial charge in [-0.05, 0) is 102 Å². The highest BCUT2D eigenvalue weighted by atomic mass is 15.1. The normalized spacial score (nSPS) is 15.5. The minimum Gasteiger partial charge on any atom is -0.310 e. The molecule has 3 heterocycles. The minimum atomic E-state index is 0.337. The summed E-state index contributed by atoms with van der Waals surface area (Å²) in [5.74, 6) is 1.47. The second kappa shape index (κ2) is 12.0. The number of nitrogens with one attached hydrogen (secondary N) is 1. The SMILES string of the molecule is CC/C(=C\C=N)c1ccc2c(c1)c1c(n2-c2ccc(-c3ccc(-c4cn5c(n4)CCC=C5)cc3)cc2)C=CC(c2ccccc2C)C1. The number of hydrogen-bond acceptors (Lipinski definition) is 2. The van der Waals surface area contributed by atoms with Crippen molar-refractivity contribution in [1.29, 1.82) is 5.41 Å². The second-order valence-corrected chi connectivity index (χ2v) is 12.7. The Morgan fingerprint density at radius 3 is 2.45 bits per heavy atom. The third kappa shape index (κ3) is 5.20. The smallest absolute Gasteiger partial charge is 0.113 e. The maximum absolute atomic E-state index is 7.69. The van der Waals surface area contributed by atoms with Gasteiger partial charge in [0.2, 0.25) is 0 Å². The first kappa shape index (κ1) is 29.0. The summed E-state index contributed by atoms with van der Waals surface area (Å²) in [4.78, 5) is 4.87. The lowest BCUT2D eigenvalue weighted by Crippen LogP contribution is -2.08. The molecular formula is C43H38N4. The largest absolute Gasteiger partial charge is 0.310 e. The van der Waals surface area contributed by atoms with Crippen LogP contribution in [0.4, 0.5) is 0 Å². The Balaban J connectivity index is 1.16. The molecule has 8 rings (SSSR count). The first-order valence-corrected chi connectivity index (χ1v) is 16.7. The van der Waals surface area contributed by atoms with Gasteiger partial charge in [0.25, 0.3) is 0 Å². The summed E-state index contributed by atoms with van der Waals surface area (Å²) in [5, 5.41) is 8.98. The average Bonchev–Trinajstić information content (AvgIpc) is 3.70. The van der Waals surface area contributed by atoms with Crippen LogP contribution in [0.25, 0.3) is 56.8 Å². The number of aromatic nitrogens is 3. The Kier molecular flexibility index (Phi) is 7.41. The highest BCUT2D eigenvalue weighted by molar-refractivity contribution is 5.94. The Labute approximate surface area is 276 Å². The third-order valence-corrected chi connectivity index (χ3v) is 9.90. The maximum Gasteiger partial charge on any atom is 0.113 e. The molecule has 0 fully saturated rings. The van der Waals surface area contributed by atoms with Crippen LogP contribution in [0, 0.1) is 12.3 Å². The van der Waals surface area contributed by atoms with Crippen LogP contribution in [0.2, 0.25) is 0 Å². The van der Waals surface area contributed by atoms with Gasteiger partial charge in [-0.2, -0.15) is 0 Å². The van der Waals surface area contributed by atoms with Crippen molar-refractivity contribution < 1.29 is 0 Å². The van der Waals surface area contributed by atoms with E-state index in [9.17, 15) is 0 Å². The van der Waals surface area contributed by atoms with E-state index in [1.165, 1.54) is 61.8 Å². The first-order chi connectivity index (χ1) is 23.1. The topological polar surface area (TPSA) is 46.6 Å². The van der Waals surface area contributed by atoms with Gasteiger partial charge in [0, 0.05) is 53.3 Å². The van der Waals surface area contributed by atoms with E-state index in [1.807, 2.05) is 6.08 Å². The molecule has 0 bridgehead atoms. The minimum absolute atomic E-state index is 0.337. The summed E-state index contributed by atoms with van der Waals surface area (Å²) >= 11 is 0. The molecule has 4 heteroatoms. The molecule has 1 aliphatic heterocycles. The lowest BCUT2D eigenvalue weighted by Gasteiger charge is -2.21. The lowest BCUT2D eigenvalue weighted by molar-refractivity contribution is 0.818. The molecule has 47 heavy (non-hydrogen) atoms. The monoisotopic (exact) mass is 610 g/mol. The quantitative estimate of drug-likeness (QED) is 0.180. The summed E-state index contributed by atoms with van der Waals surface area (Å²) in [6, 6.07) is 33.3. The summed E-state index contributed by atoms with van der Waals surface area (Å²) < 4.78 is 4.57. The number of imidazole rings is 1. The molecule has 0 amide bonds. The van der Waals surface area contributed by atoms with Gasteiger partial charge in [-0.15, -0.1) is 0 Å². The molecule has 230 valence electrons. The molecular weight excluding hydrogens is 573 g/mol. The van der Waals surface area contributed by atoms with Crippen molar-refractivity contribution in [2.45, 2.75) is 45.4 Å². The molecule has 0 radical (unpaired) electrons. The van der Waals surface area contributed by atoms with Crippen LogP contribution >= 0.6 is 0 Å². The lowest BCUT2D eigenvalue weighted by atomic mass is 9.84. The van der Waals surface area contributed by atoms with E-state index < -0.39 is 0 Å². The van der Waals surface area contributed by atoms with Gasteiger partial charge >= 0.3 is 0 Å². The van der Waals surface area contributed by atoms with Crippen molar-refractivity contribution in [1.82, 2.24) is 14.1 Å². The fraction of sp³-hybridized carbons (Fsp3) is 0.163. The molecule has 1 atom stereocenters. The van der Waals surface area contributed by atoms with Gasteiger partial charge in [0.15, 0.2) is 0 Å². The molecule has 0 saturated carbocycles. The number of benzene rings is 4. The molecule has 0 spiro atoms. The van der Waals surface area contributed by atoms with E-state index in [1.54, 1.807) is 0 Å². The summed E-state index contributed by atoms with van der Waals surface area (Å²) in [7, 11) is 0. The van der Waals surface area contributed by atoms with Gasteiger partial charge in [-0.1, -0.05) is 85.8 Å². The number of rotatable bonds is 7. The van der Waals surface area contributed by atoms with Gasteiger partial charge in [-0.25, -0.2) is 4.98 Å². The highest BCUT2D eigenvalue weighted by Crippen LogP contribution is 2.40. The van der Waals surface area contributed by atoms with Crippen LogP contribution < -0.4 is 0 Å². The number of hydrogen-bond donors (Lipinski definition) is 1. The fourth-order valence-electron chi connectivity index (χ4n) is 7.40. The van der Waals surface area contributed by atoms with E-state index >= 15 is 0 Å². The molecule has 1 unspecified atom stereocenters. The standard InChI is InChI=1S/C43H38N4/c1-3-30(23-24-44)34-17-21-41-38(26-34)39-27-35(37-9-5-4-8-29(37)2)18-22-42(39)47(41)36-19-15-32(16-20-36)31-11-13-33(14-12-31)40-28-46-25-7-6-10-43(46)45-40/h4-5,7-9,11-26,28,35,44H,3,6,10,27H2,1-2H3/b30-23+,44-24?. The zero-order valence-corrected chi connectivity index (χ0v) is 26.9. The van der Waals surface area contributed by atoms with Crippen LogP contribution in [0.15, 0.2) is 115 Å². The van der Waals surface area contributed by atoms with Crippen LogP contribution in [-0.2, 0) is 12.8 Å². The van der Waals surface area contributed by atoms with Gasteiger partial charge < -0.3 is 14.5 Å². The molecule has 0 saturated heterocycles. The van der Waals surface area contributed by atoms with Crippen molar-refractivity contribution in [3.63, 3.8) is 0 Å². The van der Waals surface area contributed by atoms with Gasteiger partial charge in [0.05, 0.1) is 11.2 Å². The number of aryl methyl sites for hydroxylation is 2. The predicted molar refractivity (Wildman–Crippen MR) is 197 cm³/mol. The van der Waals surface area contributed by atoms with Crippen LogP contribution in [0.5, 0.6) is 0 Å². The Hall–Kier alpha value is -5.48. The van der Waals surface area contributed by atoms with E-state index in [0.717, 1.165) is 48.5 Å². The fourth-order valence-corrected chi connectivity index (χ4v) is 7.40.